The van der Waals surface area contributed by atoms with Gasteiger partial charge in [0.05, 0.1) is 20.1 Å². The Hall–Kier alpha value is -1.26. The third-order valence-corrected chi connectivity index (χ3v) is 2.24. The fourth-order valence-corrected chi connectivity index (χ4v) is 1.36. The summed E-state index contributed by atoms with van der Waals surface area (Å²) < 4.78 is 9.67. The second-order valence-corrected chi connectivity index (χ2v) is 5.44. The van der Waals surface area contributed by atoms with Crippen molar-refractivity contribution in [3.05, 3.63) is 0 Å². The maximum atomic E-state index is 11.5. The number of carbonyl (C=O) groups is 2. The molecule has 136 valence electrons. The van der Waals surface area contributed by atoms with Crippen molar-refractivity contribution in [2.45, 2.75) is 39.7 Å². The molecule has 0 aromatic heterocycles. The average molecular weight is 444 g/mol. The van der Waals surface area contributed by atoms with Crippen LogP contribution in [0.5, 0.6) is 0 Å². The Bertz CT molecular complexity index is 383. The molecule has 0 aromatic carbocycles. The third-order valence-electron chi connectivity index (χ3n) is 2.24. The van der Waals surface area contributed by atoms with Crippen molar-refractivity contribution in [3.63, 3.8) is 0 Å². The minimum absolute atomic E-state index is 0. The van der Waals surface area contributed by atoms with E-state index in [1.165, 1.54) is 7.11 Å². The molecule has 3 N–H and O–H groups in total. The molecule has 0 atom stereocenters. The first-order chi connectivity index (χ1) is 10.3. The lowest BCUT2D eigenvalue weighted by Crippen LogP contribution is -2.42. The SMILES string of the molecule is CCNC(=NCCC(=O)OC)NCCNC(=O)OC(C)(C)C.I. The number of rotatable bonds is 7. The summed E-state index contributed by atoms with van der Waals surface area (Å²) in [7, 11) is 1.35. The Kier molecular flexibility index (Phi) is 13.8. The van der Waals surface area contributed by atoms with E-state index in [2.05, 4.69) is 25.7 Å². The number of aliphatic imine (C=N–C) groups is 1. The van der Waals surface area contributed by atoms with Gasteiger partial charge in [0, 0.05) is 19.6 Å². The molecular formula is C14H29IN4O4. The smallest absolute Gasteiger partial charge is 0.407 e. The zero-order valence-corrected chi connectivity index (χ0v) is 16.9. The highest BCUT2D eigenvalue weighted by atomic mass is 127. The number of amides is 1. The predicted molar refractivity (Wildman–Crippen MR) is 100 cm³/mol. The van der Waals surface area contributed by atoms with E-state index >= 15 is 0 Å². The molecule has 0 aromatic rings. The number of nitrogens with zero attached hydrogens (tertiary/aromatic N) is 1. The highest BCUT2D eigenvalue weighted by molar-refractivity contribution is 14.0. The molecule has 0 fully saturated rings. The molecule has 1 amide bonds. The average Bonchev–Trinajstić information content (AvgIpc) is 2.41. The van der Waals surface area contributed by atoms with Crippen LogP contribution in [0.15, 0.2) is 4.99 Å². The number of guanidine groups is 1. The van der Waals surface area contributed by atoms with Crippen LogP contribution in [0, 0.1) is 0 Å². The van der Waals surface area contributed by atoms with Crippen molar-refractivity contribution in [1.82, 2.24) is 16.0 Å². The number of methoxy groups -OCH3 is 1. The Morgan fingerprint density at radius 3 is 2.22 bits per heavy atom. The van der Waals surface area contributed by atoms with E-state index < -0.39 is 11.7 Å². The summed E-state index contributed by atoms with van der Waals surface area (Å²) >= 11 is 0. The molecule has 0 radical (unpaired) electrons. The summed E-state index contributed by atoms with van der Waals surface area (Å²) in [6.07, 6.45) is -0.231. The van der Waals surface area contributed by atoms with Gasteiger partial charge in [-0.25, -0.2) is 4.79 Å². The van der Waals surface area contributed by atoms with Gasteiger partial charge in [-0.1, -0.05) is 0 Å². The molecule has 0 saturated carbocycles. The molecule has 0 spiro atoms. The molecule has 23 heavy (non-hydrogen) atoms. The summed E-state index contributed by atoms with van der Waals surface area (Å²) in [6, 6.07) is 0. The van der Waals surface area contributed by atoms with Crippen LogP contribution >= 0.6 is 24.0 Å². The number of ether oxygens (including phenoxy) is 2. The van der Waals surface area contributed by atoms with Crippen LogP contribution in [0.3, 0.4) is 0 Å². The molecule has 0 bridgehead atoms. The van der Waals surface area contributed by atoms with E-state index in [4.69, 9.17) is 4.74 Å². The third kappa shape index (κ3) is 15.4. The van der Waals surface area contributed by atoms with Gasteiger partial charge in [-0.05, 0) is 27.7 Å². The summed E-state index contributed by atoms with van der Waals surface area (Å²) in [4.78, 5) is 26.7. The van der Waals surface area contributed by atoms with Gasteiger partial charge in [0.25, 0.3) is 0 Å². The van der Waals surface area contributed by atoms with Crippen molar-refractivity contribution in [1.29, 1.82) is 0 Å². The molecular weight excluding hydrogens is 415 g/mol. The van der Waals surface area contributed by atoms with Crippen molar-refractivity contribution in [2.24, 2.45) is 4.99 Å². The van der Waals surface area contributed by atoms with Gasteiger partial charge in [0.1, 0.15) is 5.60 Å². The number of hydrogen-bond donors (Lipinski definition) is 3. The van der Waals surface area contributed by atoms with E-state index in [1.54, 1.807) is 0 Å². The van der Waals surface area contributed by atoms with Crippen molar-refractivity contribution < 1.29 is 19.1 Å². The molecule has 0 unspecified atom stereocenters. The number of nitrogens with one attached hydrogen (secondary N) is 3. The summed E-state index contributed by atoms with van der Waals surface area (Å²) in [6.45, 7) is 9.29. The Balaban J connectivity index is 0. The van der Waals surface area contributed by atoms with E-state index in [0.29, 0.717) is 32.1 Å². The van der Waals surface area contributed by atoms with Gasteiger partial charge in [-0.2, -0.15) is 0 Å². The van der Waals surface area contributed by atoms with E-state index in [9.17, 15) is 9.59 Å². The van der Waals surface area contributed by atoms with E-state index in [-0.39, 0.29) is 36.4 Å². The minimum atomic E-state index is -0.512. The summed E-state index contributed by atoms with van der Waals surface area (Å²) in [5, 5.41) is 8.73. The molecule has 0 aliphatic rings. The molecule has 0 aliphatic carbocycles. The first-order valence-electron chi connectivity index (χ1n) is 7.34. The summed E-state index contributed by atoms with van der Waals surface area (Å²) in [5.41, 5.74) is -0.512. The maximum absolute atomic E-state index is 11.5. The Morgan fingerprint density at radius 1 is 1.09 bits per heavy atom. The van der Waals surface area contributed by atoms with Crippen LogP contribution in [-0.2, 0) is 14.3 Å². The van der Waals surface area contributed by atoms with Crippen LogP contribution in [0.25, 0.3) is 0 Å². The lowest BCUT2D eigenvalue weighted by atomic mass is 10.2. The molecule has 0 aliphatic heterocycles. The fourth-order valence-electron chi connectivity index (χ4n) is 1.36. The maximum Gasteiger partial charge on any atom is 0.407 e. The van der Waals surface area contributed by atoms with E-state index in [1.807, 2.05) is 27.7 Å². The lowest BCUT2D eigenvalue weighted by Gasteiger charge is -2.19. The van der Waals surface area contributed by atoms with Crippen LogP contribution in [-0.4, -0.2) is 56.9 Å². The summed E-state index contributed by atoms with van der Waals surface area (Å²) in [5.74, 6) is 0.281. The molecule has 9 heteroatoms. The predicted octanol–water partition coefficient (Wildman–Crippen LogP) is 1.25. The number of carbonyl (C=O) groups excluding carboxylic acids is 2. The van der Waals surface area contributed by atoms with Crippen LogP contribution in [0.1, 0.15) is 34.1 Å². The standard InChI is InChI=1S/C14H28N4O4.HI/c1-6-15-12(16-8-7-11(19)21-5)17-9-10-18-13(20)22-14(2,3)4;/h6-10H2,1-5H3,(H,18,20)(H2,15,16,17);1H. The Morgan fingerprint density at radius 2 is 1.70 bits per heavy atom. The number of hydrogen-bond acceptors (Lipinski definition) is 5. The van der Waals surface area contributed by atoms with Crippen molar-refractivity contribution >= 4 is 42.0 Å². The van der Waals surface area contributed by atoms with E-state index in [0.717, 1.165) is 0 Å². The van der Waals surface area contributed by atoms with Crippen molar-refractivity contribution in [2.75, 3.05) is 33.3 Å². The van der Waals surface area contributed by atoms with Crippen LogP contribution in [0.4, 0.5) is 4.79 Å². The fraction of sp³-hybridized carbons (Fsp3) is 0.786. The van der Waals surface area contributed by atoms with Gasteiger partial charge < -0.3 is 25.4 Å². The zero-order chi connectivity index (χ0) is 17.0. The first-order valence-corrected chi connectivity index (χ1v) is 7.34. The molecule has 0 rings (SSSR count). The number of halogens is 1. The topological polar surface area (TPSA) is 101 Å². The monoisotopic (exact) mass is 444 g/mol. The van der Waals surface area contributed by atoms with Gasteiger partial charge in [-0.3, -0.25) is 9.79 Å². The normalized spacial score (nSPS) is 11.1. The van der Waals surface area contributed by atoms with Crippen LogP contribution < -0.4 is 16.0 Å². The second-order valence-electron chi connectivity index (χ2n) is 5.44. The van der Waals surface area contributed by atoms with Crippen LogP contribution in [0.2, 0.25) is 0 Å². The molecule has 0 heterocycles. The molecule has 8 nitrogen and oxygen atoms in total. The van der Waals surface area contributed by atoms with Gasteiger partial charge >= 0.3 is 12.1 Å². The first kappa shape index (κ1) is 24.0. The van der Waals surface area contributed by atoms with Gasteiger partial charge in [-0.15, -0.1) is 24.0 Å². The highest BCUT2D eigenvalue weighted by Crippen LogP contribution is 2.05. The molecule has 0 saturated heterocycles. The minimum Gasteiger partial charge on any atom is -0.469 e. The largest absolute Gasteiger partial charge is 0.469 e. The zero-order valence-electron chi connectivity index (χ0n) is 14.5. The second kappa shape index (κ2) is 13.2. The number of esters is 1. The Labute approximate surface area is 155 Å². The highest BCUT2D eigenvalue weighted by Gasteiger charge is 2.15. The number of alkyl carbamates (subject to hydrolysis) is 1. The van der Waals surface area contributed by atoms with Gasteiger partial charge in [0.15, 0.2) is 5.96 Å². The van der Waals surface area contributed by atoms with Crippen molar-refractivity contribution in [3.8, 4) is 0 Å². The quantitative estimate of drug-likeness (QED) is 0.180. The lowest BCUT2D eigenvalue weighted by molar-refractivity contribution is -0.140. The van der Waals surface area contributed by atoms with Gasteiger partial charge in [0.2, 0.25) is 0 Å².